The van der Waals surface area contributed by atoms with Gasteiger partial charge in [0.1, 0.15) is 18.9 Å². The molecule has 1 N–H and O–H groups in total. The van der Waals surface area contributed by atoms with Gasteiger partial charge in [-0.05, 0) is 13.0 Å². The molecule has 0 aliphatic carbocycles. The van der Waals surface area contributed by atoms with Crippen LogP contribution >= 0.6 is 0 Å². The maximum atomic E-state index is 13.5. The monoisotopic (exact) mass is 453 g/mol. The average molecular weight is 454 g/mol. The topological polar surface area (TPSA) is 91.7 Å². The van der Waals surface area contributed by atoms with E-state index < -0.39 is 43.1 Å². The maximum absolute atomic E-state index is 13.5. The van der Waals surface area contributed by atoms with Crippen molar-refractivity contribution < 1.29 is 32.2 Å². The second-order valence-electron chi connectivity index (χ2n) is 8.04. The highest BCUT2D eigenvalue weighted by atomic mass is 28.3. The number of hydrogen-bond acceptors (Lipinski definition) is 7. The molecule has 0 aliphatic rings. The van der Waals surface area contributed by atoms with Gasteiger partial charge in [0, 0.05) is 27.6 Å². The molecule has 0 aliphatic heterocycles. The van der Waals surface area contributed by atoms with Crippen molar-refractivity contribution in [3.8, 4) is 0 Å². The number of nitrogens with one attached hydrogen (secondary N) is 1. The lowest BCUT2D eigenvalue weighted by atomic mass is 10.2. The summed E-state index contributed by atoms with van der Waals surface area (Å²) in [4.78, 5) is 23.0. The van der Waals surface area contributed by atoms with Gasteiger partial charge in [-0.15, -0.1) is 0 Å². The number of carbonyl (C=O) groups is 1. The first-order valence-electron chi connectivity index (χ1n) is 9.54. The predicted molar refractivity (Wildman–Crippen MR) is 108 cm³/mol. The zero-order valence-electron chi connectivity index (χ0n) is 18.0. The normalized spacial score (nSPS) is 13.2. The lowest BCUT2D eigenvalue weighted by molar-refractivity contribution is -0.142. The zero-order valence-corrected chi connectivity index (χ0v) is 19.0. The van der Waals surface area contributed by atoms with Crippen LogP contribution in [0.1, 0.15) is 19.4 Å². The Morgan fingerprint density at radius 2 is 1.90 bits per heavy atom. The number of anilines is 1. The Hall–Kier alpha value is -1.92. The van der Waals surface area contributed by atoms with E-state index in [4.69, 9.17) is 14.2 Å². The number of rotatable bonds is 12. The quantitative estimate of drug-likeness (QED) is 0.296. The molecule has 1 aromatic rings. The third-order valence-corrected chi connectivity index (χ3v) is 5.54. The van der Waals surface area contributed by atoms with Crippen LogP contribution in [0.25, 0.3) is 0 Å². The van der Waals surface area contributed by atoms with Gasteiger partial charge in [-0.3, -0.25) is 9.59 Å². The molecule has 0 radical (unpaired) electrons. The highest BCUT2D eigenvalue weighted by Crippen LogP contribution is 2.31. The first kappa shape index (κ1) is 26.1. The minimum absolute atomic E-state index is 0.0431. The van der Waals surface area contributed by atoms with E-state index in [1.807, 2.05) is 0 Å². The molecule has 1 atom stereocenters. The SMILES string of the molecule is CC(=O)OCCOC[C@H](C)Nc1cnn(COCC[Si](C)(C)C)c(=O)c1C(F)(F)F. The lowest BCUT2D eigenvalue weighted by Crippen LogP contribution is -2.34. The fraction of sp³-hybridized carbons (Fsp3) is 0.722. The van der Waals surface area contributed by atoms with Crippen LogP contribution in [-0.4, -0.2) is 56.3 Å². The molecule has 0 unspecified atom stereocenters. The predicted octanol–water partition coefficient (Wildman–Crippen LogP) is 2.95. The van der Waals surface area contributed by atoms with Crippen molar-refractivity contribution in [3.05, 3.63) is 22.1 Å². The largest absolute Gasteiger partial charge is 0.463 e. The molecule has 12 heteroatoms. The Bertz CT molecular complexity index is 750. The number of carbonyl (C=O) groups excluding carboxylic acids is 1. The molecule has 0 spiro atoms. The van der Waals surface area contributed by atoms with Crippen molar-refractivity contribution in [2.75, 3.05) is 31.7 Å². The molecule has 1 rings (SSSR count). The fourth-order valence-electron chi connectivity index (χ4n) is 2.30. The molecule has 0 bridgehead atoms. The summed E-state index contributed by atoms with van der Waals surface area (Å²) >= 11 is 0. The van der Waals surface area contributed by atoms with E-state index in [2.05, 4.69) is 30.1 Å². The van der Waals surface area contributed by atoms with Crippen LogP contribution in [0.15, 0.2) is 11.0 Å². The summed E-state index contributed by atoms with van der Waals surface area (Å²) in [5.41, 5.74) is -3.04. The van der Waals surface area contributed by atoms with Gasteiger partial charge in [0.05, 0.1) is 25.1 Å². The number of alkyl halides is 3. The summed E-state index contributed by atoms with van der Waals surface area (Å²) in [7, 11) is -1.36. The van der Waals surface area contributed by atoms with Gasteiger partial charge in [-0.2, -0.15) is 18.3 Å². The van der Waals surface area contributed by atoms with Gasteiger partial charge in [-0.25, -0.2) is 4.68 Å². The molecule has 0 saturated heterocycles. The molecule has 0 aromatic carbocycles. The van der Waals surface area contributed by atoms with E-state index >= 15 is 0 Å². The lowest BCUT2D eigenvalue weighted by Gasteiger charge is -2.20. The van der Waals surface area contributed by atoms with Crippen molar-refractivity contribution >= 4 is 19.7 Å². The second kappa shape index (κ2) is 11.5. The molecule has 0 saturated carbocycles. The first-order chi connectivity index (χ1) is 13.8. The molecule has 30 heavy (non-hydrogen) atoms. The van der Waals surface area contributed by atoms with Crippen LogP contribution < -0.4 is 10.9 Å². The minimum Gasteiger partial charge on any atom is -0.463 e. The van der Waals surface area contributed by atoms with E-state index in [1.165, 1.54) is 6.92 Å². The Labute approximate surface area is 174 Å². The summed E-state index contributed by atoms with van der Waals surface area (Å²) in [5.74, 6) is -0.448. The van der Waals surface area contributed by atoms with Crippen molar-refractivity contribution in [2.45, 2.75) is 58.5 Å². The zero-order chi connectivity index (χ0) is 22.9. The molecule has 172 valence electrons. The number of ether oxygens (including phenoxy) is 3. The number of nitrogens with zero attached hydrogens (tertiary/aromatic N) is 2. The smallest absolute Gasteiger partial charge is 0.423 e. The Kier molecular flexibility index (Phi) is 9.98. The van der Waals surface area contributed by atoms with Crippen LogP contribution in [-0.2, 0) is 31.9 Å². The van der Waals surface area contributed by atoms with Gasteiger partial charge in [0.2, 0.25) is 0 Å². The van der Waals surface area contributed by atoms with Crippen LogP contribution in [0, 0.1) is 0 Å². The molecular formula is C18H30F3N3O5Si. The second-order valence-corrected chi connectivity index (χ2v) is 13.7. The van der Waals surface area contributed by atoms with E-state index in [-0.39, 0.29) is 26.6 Å². The summed E-state index contributed by atoms with van der Waals surface area (Å²) in [5, 5.41) is 6.41. The van der Waals surface area contributed by atoms with Crippen LogP contribution in [0.5, 0.6) is 0 Å². The van der Waals surface area contributed by atoms with E-state index in [1.54, 1.807) is 6.92 Å². The Morgan fingerprint density at radius 3 is 2.47 bits per heavy atom. The number of halogens is 3. The summed E-state index contributed by atoms with van der Waals surface area (Å²) in [6.45, 7) is 9.48. The average Bonchev–Trinajstić information content (AvgIpc) is 2.57. The minimum atomic E-state index is -4.86. The molecular weight excluding hydrogens is 423 g/mol. The van der Waals surface area contributed by atoms with Gasteiger partial charge in [-0.1, -0.05) is 19.6 Å². The van der Waals surface area contributed by atoms with Crippen molar-refractivity contribution in [1.29, 1.82) is 0 Å². The number of aromatic nitrogens is 2. The summed E-state index contributed by atoms with van der Waals surface area (Å²) < 4.78 is 56.5. The number of esters is 1. The number of hydrogen-bond donors (Lipinski definition) is 1. The fourth-order valence-corrected chi connectivity index (χ4v) is 3.06. The molecule has 8 nitrogen and oxygen atoms in total. The third-order valence-electron chi connectivity index (χ3n) is 3.84. The van der Waals surface area contributed by atoms with Crippen LogP contribution in [0.4, 0.5) is 18.9 Å². The van der Waals surface area contributed by atoms with Gasteiger partial charge < -0.3 is 19.5 Å². The van der Waals surface area contributed by atoms with Gasteiger partial charge in [0.25, 0.3) is 5.56 Å². The van der Waals surface area contributed by atoms with E-state index in [0.717, 1.165) is 12.2 Å². The summed E-state index contributed by atoms with van der Waals surface area (Å²) in [6, 6.07) is 0.274. The highest BCUT2D eigenvalue weighted by Gasteiger charge is 2.38. The highest BCUT2D eigenvalue weighted by molar-refractivity contribution is 6.76. The Morgan fingerprint density at radius 1 is 1.23 bits per heavy atom. The third kappa shape index (κ3) is 9.72. The van der Waals surface area contributed by atoms with Gasteiger partial charge >= 0.3 is 12.1 Å². The molecule has 1 aromatic heterocycles. The van der Waals surface area contributed by atoms with Crippen molar-refractivity contribution in [2.24, 2.45) is 0 Å². The van der Waals surface area contributed by atoms with Crippen molar-refractivity contribution in [1.82, 2.24) is 9.78 Å². The Balaban J connectivity index is 2.78. The van der Waals surface area contributed by atoms with E-state index in [9.17, 15) is 22.8 Å². The maximum Gasteiger partial charge on any atom is 0.423 e. The van der Waals surface area contributed by atoms with Crippen molar-refractivity contribution in [3.63, 3.8) is 0 Å². The van der Waals surface area contributed by atoms with Crippen LogP contribution in [0.2, 0.25) is 25.7 Å². The molecule has 0 fully saturated rings. The standard InChI is InChI=1S/C18H30F3N3O5Si/c1-13(11-27-6-7-29-14(2)25)23-15-10-22-24(12-28-8-9-30(3,4)5)17(26)16(15)18(19,20)21/h10,13,23H,6-9,11-12H2,1-5H3/t13-/m0/s1. The molecule has 1 heterocycles. The summed E-state index contributed by atoms with van der Waals surface area (Å²) in [6.07, 6.45) is -3.90. The first-order valence-corrected chi connectivity index (χ1v) is 13.2. The molecule has 0 amide bonds. The van der Waals surface area contributed by atoms with Crippen LogP contribution in [0.3, 0.4) is 0 Å². The van der Waals surface area contributed by atoms with E-state index in [0.29, 0.717) is 11.3 Å². The van der Waals surface area contributed by atoms with Gasteiger partial charge in [0.15, 0.2) is 0 Å².